The molecule has 0 rings (SSSR count). The summed E-state index contributed by atoms with van der Waals surface area (Å²) in [4.78, 5) is 35.1. The van der Waals surface area contributed by atoms with Crippen molar-refractivity contribution in [2.75, 3.05) is 7.05 Å². The highest BCUT2D eigenvalue weighted by Gasteiger charge is 2.29. The Hall–Kier alpha value is -1.79. The summed E-state index contributed by atoms with van der Waals surface area (Å²) in [5, 5.41) is 11.4. The molecular weight excluding hydrogens is 250 g/mol. The summed E-state index contributed by atoms with van der Waals surface area (Å²) < 4.78 is 0. The number of urea groups is 1. The molecular formula is C12H23N3O4. The molecule has 0 fully saturated rings. The lowest BCUT2D eigenvalue weighted by Crippen LogP contribution is -2.53. The third-order valence-corrected chi connectivity index (χ3v) is 3.35. The Balaban J connectivity index is 4.64. The second kappa shape index (κ2) is 6.96. The largest absolute Gasteiger partial charge is 0.480 e. The number of nitrogens with one attached hydrogen (secondary N) is 1. The maximum atomic E-state index is 11.9. The molecule has 0 aromatic heterocycles. The third kappa shape index (κ3) is 5.58. The fraction of sp³-hybridized carbons (Fsp3) is 0.750. The molecule has 0 aliphatic heterocycles. The van der Waals surface area contributed by atoms with Gasteiger partial charge in [-0.3, -0.25) is 4.79 Å². The van der Waals surface area contributed by atoms with E-state index in [4.69, 9.17) is 10.8 Å². The average Bonchev–Trinajstić information content (AvgIpc) is 2.32. The van der Waals surface area contributed by atoms with Crippen LogP contribution in [0.1, 0.15) is 40.0 Å². The number of hydrogen-bond donors (Lipinski definition) is 3. The molecule has 0 aromatic carbocycles. The van der Waals surface area contributed by atoms with Crippen LogP contribution in [0.5, 0.6) is 0 Å². The molecule has 3 amide bonds. The molecule has 0 spiro atoms. The van der Waals surface area contributed by atoms with Gasteiger partial charge in [-0.2, -0.15) is 0 Å². The van der Waals surface area contributed by atoms with Crippen molar-refractivity contribution < 1.29 is 19.5 Å². The molecule has 0 unspecified atom stereocenters. The maximum Gasteiger partial charge on any atom is 0.326 e. The van der Waals surface area contributed by atoms with Crippen LogP contribution in [0.2, 0.25) is 0 Å². The van der Waals surface area contributed by atoms with E-state index < -0.39 is 23.9 Å². The van der Waals surface area contributed by atoms with E-state index >= 15 is 0 Å². The Labute approximate surface area is 113 Å². The Morgan fingerprint density at radius 3 is 2.26 bits per heavy atom. The predicted octanol–water partition coefficient (Wildman–Crippen LogP) is 0.535. The molecule has 1 atom stereocenters. The number of aliphatic carboxylic acids is 1. The van der Waals surface area contributed by atoms with E-state index in [1.54, 1.807) is 7.05 Å². The molecule has 0 aromatic rings. The van der Waals surface area contributed by atoms with E-state index in [2.05, 4.69) is 5.32 Å². The Morgan fingerprint density at radius 1 is 1.37 bits per heavy atom. The standard InChI is InChI=1S/C12H23N3O4/c1-5-12(2,3)15(4)11(19)14-8(10(17)18)6-7-9(13)16/h8H,5-7H2,1-4H3,(H2,13,16)(H,14,19)(H,17,18)/t8-/m0/s1. The van der Waals surface area contributed by atoms with E-state index in [1.807, 2.05) is 20.8 Å². The van der Waals surface area contributed by atoms with E-state index in [-0.39, 0.29) is 18.4 Å². The van der Waals surface area contributed by atoms with Crippen molar-refractivity contribution >= 4 is 17.9 Å². The fourth-order valence-corrected chi connectivity index (χ4v) is 1.30. The van der Waals surface area contributed by atoms with Gasteiger partial charge in [0.25, 0.3) is 0 Å². The first-order chi connectivity index (χ1) is 8.61. The van der Waals surface area contributed by atoms with Crippen molar-refractivity contribution in [2.45, 2.75) is 51.6 Å². The minimum Gasteiger partial charge on any atom is -0.480 e. The van der Waals surface area contributed by atoms with Crippen LogP contribution >= 0.6 is 0 Å². The molecule has 7 nitrogen and oxygen atoms in total. The average molecular weight is 273 g/mol. The lowest BCUT2D eigenvalue weighted by atomic mass is 10.0. The minimum absolute atomic E-state index is 0.0171. The molecule has 0 bridgehead atoms. The molecule has 0 aliphatic carbocycles. The maximum absolute atomic E-state index is 11.9. The summed E-state index contributed by atoms with van der Waals surface area (Å²) in [6.07, 6.45) is 0.630. The van der Waals surface area contributed by atoms with Crippen molar-refractivity contribution in [1.82, 2.24) is 10.2 Å². The molecule has 0 saturated heterocycles. The highest BCUT2D eigenvalue weighted by molar-refractivity contribution is 5.83. The number of hydrogen-bond acceptors (Lipinski definition) is 3. The Bertz CT molecular complexity index is 355. The topological polar surface area (TPSA) is 113 Å². The molecule has 19 heavy (non-hydrogen) atoms. The van der Waals surface area contributed by atoms with Crippen molar-refractivity contribution in [1.29, 1.82) is 0 Å². The zero-order chi connectivity index (χ0) is 15.2. The van der Waals surface area contributed by atoms with E-state index in [0.717, 1.165) is 6.42 Å². The SMILES string of the molecule is CCC(C)(C)N(C)C(=O)N[C@@H](CCC(N)=O)C(=O)O. The zero-order valence-corrected chi connectivity index (χ0v) is 11.9. The number of nitrogens with zero attached hydrogens (tertiary/aromatic N) is 1. The van der Waals surface area contributed by atoms with Crippen molar-refractivity contribution in [3.05, 3.63) is 0 Å². The first-order valence-electron chi connectivity index (χ1n) is 6.17. The van der Waals surface area contributed by atoms with Gasteiger partial charge in [-0.25, -0.2) is 9.59 Å². The molecule has 0 heterocycles. The van der Waals surface area contributed by atoms with Gasteiger partial charge in [0.05, 0.1) is 0 Å². The summed E-state index contributed by atoms with van der Waals surface area (Å²) in [5.74, 6) is -1.78. The normalized spacial score (nSPS) is 12.6. The quantitative estimate of drug-likeness (QED) is 0.628. The van der Waals surface area contributed by atoms with Crippen LogP contribution in [0.3, 0.4) is 0 Å². The smallest absolute Gasteiger partial charge is 0.326 e. The van der Waals surface area contributed by atoms with Gasteiger partial charge in [-0.15, -0.1) is 0 Å². The van der Waals surface area contributed by atoms with Gasteiger partial charge in [0.1, 0.15) is 6.04 Å². The highest BCUT2D eigenvalue weighted by Crippen LogP contribution is 2.16. The van der Waals surface area contributed by atoms with Crippen LogP contribution in [0.4, 0.5) is 4.79 Å². The minimum atomic E-state index is -1.18. The highest BCUT2D eigenvalue weighted by atomic mass is 16.4. The van der Waals surface area contributed by atoms with Gasteiger partial charge >= 0.3 is 12.0 Å². The summed E-state index contributed by atoms with van der Waals surface area (Å²) >= 11 is 0. The van der Waals surface area contributed by atoms with Gasteiger partial charge in [-0.1, -0.05) is 6.92 Å². The van der Waals surface area contributed by atoms with Crippen molar-refractivity contribution in [2.24, 2.45) is 5.73 Å². The van der Waals surface area contributed by atoms with Crippen LogP contribution in [0, 0.1) is 0 Å². The summed E-state index contributed by atoms with van der Waals surface area (Å²) in [6.45, 7) is 5.70. The van der Waals surface area contributed by atoms with Crippen molar-refractivity contribution in [3.63, 3.8) is 0 Å². The lowest BCUT2D eigenvalue weighted by Gasteiger charge is -2.35. The lowest BCUT2D eigenvalue weighted by molar-refractivity contribution is -0.139. The van der Waals surface area contributed by atoms with E-state index in [9.17, 15) is 14.4 Å². The fourth-order valence-electron chi connectivity index (χ4n) is 1.30. The number of primary amides is 1. The predicted molar refractivity (Wildman–Crippen MR) is 70.5 cm³/mol. The van der Waals surface area contributed by atoms with Gasteiger partial charge in [0, 0.05) is 19.0 Å². The molecule has 110 valence electrons. The first-order valence-corrected chi connectivity index (χ1v) is 6.17. The van der Waals surface area contributed by atoms with E-state index in [0.29, 0.717) is 0 Å². The molecule has 0 saturated carbocycles. The van der Waals surface area contributed by atoms with Crippen molar-refractivity contribution in [3.8, 4) is 0 Å². The summed E-state index contributed by atoms with van der Waals surface area (Å²) in [7, 11) is 1.60. The van der Waals surface area contributed by atoms with Gasteiger partial charge < -0.3 is 21.1 Å². The number of carboxylic acids is 1. The zero-order valence-electron chi connectivity index (χ0n) is 11.9. The van der Waals surface area contributed by atoms with Crippen LogP contribution in [-0.4, -0.2) is 46.5 Å². The van der Waals surface area contributed by atoms with Gasteiger partial charge in [0.2, 0.25) is 5.91 Å². The Morgan fingerprint density at radius 2 is 1.89 bits per heavy atom. The molecule has 0 aliphatic rings. The number of carbonyl (C=O) groups is 3. The Kier molecular flexibility index (Phi) is 6.31. The molecule has 7 heteroatoms. The number of carbonyl (C=O) groups excluding carboxylic acids is 2. The monoisotopic (exact) mass is 273 g/mol. The molecule has 4 N–H and O–H groups in total. The number of rotatable bonds is 7. The number of carboxylic acid groups (broad SMARTS) is 1. The number of nitrogens with two attached hydrogens (primary N) is 1. The van der Waals surface area contributed by atoms with Crippen LogP contribution < -0.4 is 11.1 Å². The van der Waals surface area contributed by atoms with Gasteiger partial charge in [0.15, 0.2) is 0 Å². The second-order valence-electron chi connectivity index (χ2n) is 5.07. The van der Waals surface area contributed by atoms with Crippen LogP contribution in [-0.2, 0) is 9.59 Å². The van der Waals surface area contributed by atoms with Crippen LogP contribution in [0.25, 0.3) is 0 Å². The second-order valence-corrected chi connectivity index (χ2v) is 5.07. The first kappa shape index (κ1) is 17.2. The van der Waals surface area contributed by atoms with Gasteiger partial charge in [-0.05, 0) is 26.7 Å². The van der Waals surface area contributed by atoms with Crippen LogP contribution in [0.15, 0.2) is 0 Å². The third-order valence-electron chi connectivity index (χ3n) is 3.35. The summed E-state index contributed by atoms with van der Waals surface area (Å²) in [5.41, 5.74) is 4.59. The molecule has 0 radical (unpaired) electrons. The number of amides is 3. The van der Waals surface area contributed by atoms with E-state index in [1.165, 1.54) is 4.90 Å². The summed E-state index contributed by atoms with van der Waals surface area (Å²) in [6, 6.07) is -1.60.